The molecule has 1 atom stereocenters. The van der Waals surface area contributed by atoms with Crippen LogP contribution in [0.15, 0.2) is 65.7 Å². The number of benzene rings is 3. The monoisotopic (exact) mass is 469 g/mol. The van der Waals surface area contributed by atoms with Gasteiger partial charge in [0, 0.05) is 35.3 Å². The number of hydrogen-bond donors (Lipinski definition) is 1. The maximum absolute atomic E-state index is 13.2. The van der Waals surface area contributed by atoms with E-state index in [0.717, 1.165) is 27.9 Å². The molecular weight excluding hydrogens is 446 g/mol. The fourth-order valence-corrected chi connectivity index (χ4v) is 5.02. The van der Waals surface area contributed by atoms with Crippen molar-refractivity contribution in [1.29, 1.82) is 0 Å². The molecule has 0 radical (unpaired) electrons. The van der Waals surface area contributed by atoms with Crippen LogP contribution >= 0.6 is 11.6 Å². The molecule has 0 bridgehead atoms. The standard InChI is InChI=1S/C28H24ClN3O2/c1-32-25-13-20(9-8-19(25)14-26(32)33)27-22-15-21(29)10-11-23(22)31-28(34)24(30-27)12-16-2-4-17(5-3-16)18-6-7-18/h2-5,8-11,13,15,18,24H,6-7,12,14H2,1H3,(H,31,34). The molecule has 5 nitrogen and oxygen atoms in total. The summed E-state index contributed by atoms with van der Waals surface area (Å²) < 4.78 is 0. The zero-order chi connectivity index (χ0) is 23.4. The van der Waals surface area contributed by atoms with E-state index in [0.29, 0.717) is 35.2 Å². The van der Waals surface area contributed by atoms with Crippen molar-refractivity contribution in [3.63, 3.8) is 0 Å². The number of carbonyl (C=O) groups is 2. The van der Waals surface area contributed by atoms with Gasteiger partial charge in [0.2, 0.25) is 11.8 Å². The van der Waals surface area contributed by atoms with E-state index in [1.165, 1.54) is 18.4 Å². The average molecular weight is 470 g/mol. The van der Waals surface area contributed by atoms with Crippen LogP contribution in [0.5, 0.6) is 0 Å². The first-order chi connectivity index (χ1) is 16.5. The number of aliphatic imine (C=N–C) groups is 1. The molecule has 0 aromatic heterocycles. The Morgan fingerprint density at radius 2 is 1.82 bits per heavy atom. The Kier molecular flexibility index (Phi) is 5.03. The van der Waals surface area contributed by atoms with Gasteiger partial charge in [-0.15, -0.1) is 0 Å². The molecule has 2 amide bonds. The van der Waals surface area contributed by atoms with Gasteiger partial charge in [-0.25, -0.2) is 0 Å². The number of nitrogens with one attached hydrogen (secondary N) is 1. The minimum Gasteiger partial charge on any atom is -0.324 e. The molecule has 3 aromatic carbocycles. The number of likely N-dealkylation sites (N-methyl/N-ethyl adjacent to an activating group) is 1. The topological polar surface area (TPSA) is 61.8 Å². The fraction of sp³-hybridized carbons (Fsp3) is 0.250. The van der Waals surface area contributed by atoms with Crippen LogP contribution in [0.2, 0.25) is 5.02 Å². The molecular formula is C28H24ClN3O2. The van der Waals surface area contributed by atoms with Gasteiger partial charge >= 0.3 is 0 Å². The van der Waals surface area contributed by atoms with Gasteiger partial charge in [0.1, 0.15) is 6.04 Å². The van der Waals surface area contributed by atoms with Crippen molar-refractivity contribution < 1.29 is 9.59 Å². The number of benzodiazepines with no additional fused rings is 1. The Hall–Kier alpha value is -3.44. The van der Waals surface area contributed by atoms with E-state index in [4.69, 9.17) is 16.6 Å². The van der Waals surface area contributed by atoms with Crippen LogP contribution in [0.3, 0.4) is 0 Å². The Morgan fingerprint density at radius 3 is 2.59 bits per heavy atom. The number of rotatable bonds is 4. The molecule has 2 heterocycles. The van der Waals surface area contributed by atoms with Gasteiger partial charge in [-0.3, -0.25) is 14.6 Å². The number of amides is 2. The first-order valence-electron chi connectivity index (χ1n) is 11.6. The van der Waals surface area contributed by atoms with Crippen molar-refractivity contribution in [2.45, 2.75) is 37.6 Å². The summed E-state index contributed by atoms with van der Waals surface area (Å²) in [5.74, 6) is 0.630. The van der Waals surface area contributed by atoms with Crippen LogP contribution in [0.1, 0.15) is 46.6 Å². The molecule has 1 unspecified atom stereocenters. The summed E-state index contributed by atoms with van der Waals surface area (Å²) in [5, 5.41) is 3.62. The Labute approximate surface area is 203 Å². The summed E-state index contributed by atoms with van der Waals surface area (Å²) >= 11 is 6.35. The second kappa shape index (κ2) is 8.10. The van der Waals surface area contributed by atoms with Gasteiger partial charge in [0.05, 0.1) is 17.8 Å². The summed E-state index contributed by atoms with van der Waals surface area (Å²) in [5.41, 5.74) is 7.35. The molecule has 0 spiro atoms. The lowest BCUT2D eigenvalue weighted by atomic mass is 9.98. The van der Waals surface area contributed by atoms with Crippen molar-refractivity contribution in [3.05, 3.63) is 93.5 Å². The van der Waals surface area contributed by atoms with Crippen LogP contribution in [-0.4, -0.2) is 30.6 Å². The SMILES string of the molecule is CN1C(=O)Cc2ccc(C3=NC(Cc4ccc(C5CC5)cc4)C(=O)Nc4ccc(Cl)cc43)cc21. The predicted molar refractivity (Wildman–Crippen MR) is 135 cm³/mol. The van der Waals surface area contributed by atoms with Gasteiger partial charge in [-0.2, -0.15) is 0 Å². The van der Waals surface area contributed by atoms with E-state index in [9.17, 15) is 9.59 Å². The number of fused-ring (bicyclic) bond motifs is 2. The van der Waals surface area contributed by atoms with Gasteiger partial charge in [-0.05, 0) is 59.7 Å². The van der Waals surface area contributed by atoms with Crippen molar-refractivity contribution in [2.24, 2.45) is 4.99 Å². The number of carbonyl (C=O) groups excluding carboxylic acids is 2. The van der Waals surface area contributed by atoms with E-state index in [2.05, 4.69) is 29.6 Å². The van der Waals surface area contributed by atoms with Crippen LogP contribution < -0.4 is 10.2 Å². The van der Waals surface area contributed by atoms with E-state index < -0.39 is 6.04 Å². The van der Waals surface area contributed by atoms with Crippen molar-refractivity contribution >= 4 is 40.5 Å². The maximum Gasteiger partial charge on any atom is 0.249 e. The molecule has 1 saturated carbocycles. The van der Waals surface area contributed by atoms with E-state index in [1.807, 2.05) is 30.3 Å². The molecule has 1 fully saturated rings. The third kappa shape index (κ3) is 3.80. The first-order valence-corrected chi connectivity index (χ1v) is 12.0. The van der Waals surface area contributed by atoms with E-state index in [1.54, 1.807) is 18.0 Å². The minimum atomic E-state index is -0.583. The Morgan fingerprint density at radius 1 is 1.03 bits per heavy atom. The van der Waals surface area contributed by atoms with Crippen molar-refractivity contribution in [3.8, 4) is 0 Å². The van der Waals surface area contributed by atoms with Crippen molar-refractivity contribution in [1.82, 2.24) is 0 Å². The zero-order valence-corrected chi connectivity index (χ0v) is 19.6. The van der Waals surface area contributed by atoms with Gasteiger partial charge in [-0.1, -0.05) is 48.0 Å². The van der Waals surface area contributed by atoms with Crippen LogP contribution in [0.4, 0.5) is 11.4 Å². The normalized spacial score (nSPS) is 19.3. The number of anilines is 2. The lowest BCUT2D eigenvalue weighted by molar-refractivity contribution is -0.118. The third-order valence-corrected chi connectivity index (χ3v) is 7.21. The molecule has 1 N–H and O–H groups in total. The molecule has 1 aliphatic carbocycles. The summed E-state index contributed by atoms with van der Waals surface area (Å²) in [6, 6.07) is 19.4. The Bertz CT molecular complexity index is 1360. The molecule has 3 aliphatic rings. The highest BCUT2D eigenvalue weighted by molar-refractivity contribution is 6.32. The van der Waals surface area contributed by atoms with Crippen LogP contribution in [-0.2, 0) is 22.4 Å². The summed E-state index contributed by atoms with van der Waals surface area (Å²) in [7, 11) is 1.79. The van der Waals surface area contributed by atoms with Gasteiger partial charge in [0.25, 0.3) is 0 Å². The lowest BCUT2D eigenvalue weighted by Gasteiger charge is -2.15. The summed E-state index contributed by atoms with van der Waals surface area (Å²) in [6.45, 7) is 0. The third-order valence-electron chi connectivity index (χ3n) is 6.98. The van der Waals surface area contributed by atoms with Gasteiger partial charge in [0.15, 0.2) is 0 Å². The largest absolute Gasteiger partial charge is 0.324 e. The number of nitrogens with zero attached hydrogens (tertiary/aromatic N) is 2. The highest BCUT2D eigenvalue weighted by Crippen LogP contribution is 2.40. The molecule has 6 heteroatoms. The number of halogens is 1. The lowest BCUT2D eigenvalue weighted by Crippen LogP contribution is -2.27. The highest BCUT2D eigenvalue weighted by atomic mass is 35.5. The highest BCUT2D eigenvalue weighted by Gasteiger charge is 2.29. The maximum atomic E-state index is 13.2. The van der Waals surface area contributed by atoms with E-state index in [-0.39, 0.29) is 11.8 Å². The minimum absolute atomic E-state index is 0.0720. The second-order valence-corrected chi connectivity index (χ2v) is 9.80. The van der Waals surface area contributed by atoms with Crippen molar-refractivity contribution in [2.75, 3.05) is 17.3 Å². The molecule has 34 heavy (non-hydrogen) atoms. The zero-order valence-electron chi connectivity index (χ0n) is 18.8. The molecule has 2 aliphatic heterocycles. The quantitative estimate of drug-likeness (QED) is 0.575. The Balaban J connectivity index is 1.42. The van der Waals surface area contributed by atoms with Crippen LogP contribution in [0.25, 0.3) is 0 Å². The van der Waals surface area contributed by atoms with Gasteiger partial charge < -0.3 is 10.2 Å². The molecule has 0 saturated heterocycles. The predicted octanol–water partition coefficient (Wildman–Crippen LogP) is 5.14. The molecule has 3 aromatic rings. The molecule has 6 rings (SSSR count). The molecule has 170 valence electrons. The number of hydrogen-bond acceptors (Lipinski definition) is 3. The second-order valence-electron chi connectivity index (χ2n) is 9.37. The smallest absolute Gasteiger partial charge is 0.249 e. The van der Waals surface area contributed by atoms with E-state index >= 15 is 0 Å². The fourth-order valence-electron chi connectivity index (χ4n) is 4.84. The van der Waals surface area contributed by atoms with Crippen LogP contribution in [0, 0.1) is 0 Å². The first kappa shape index (κ1) is 21.1. The summed E-state index contributed by atoms with van der Waals surface area (Å²) in [6.07, 6.45) is 3.44. The average Bonchev–Trinajstić information content (AvgIpc) is 3.65. The summed E-state index contributed by atoms with van der Waals surface area (Å²) in [4.78, 5) is 32.1.